The second kappa shape index (κ2) is 6.23. The van der Waals surface area contributed by atoms with Crippen molar-refractivity contribution in [3.8, 4) is 5.75 Å². The van der Waals surface area contributed by atoms with Crippen LogP contribution in [0.3, 0.4) is 0 Å². The number of para-hydroxylation sites is 1. The molecule has 1 heterocycles. The first-order valence-electron chi connectivity index (χ1n) is 8.39. The van der Waals surface area contributed by atoms with Crippen LogP contribution in [0.4, 0.5) is 0 Å². The molecule has 0 N–H and O–H groups in total. The van der Waals surface area contributed by atoms with Crippen LogP contribution in [0.15, 0.2) is 59.1 Å². The zero-order valence-corrected chi connectivity index (χ0v) is 16.2. The standard InChI is InChI=1S/C22H20BrNO/c1-14-5-4-6-19-20-12-18(25-3)11-15(2)22(20)24(21(14)19)13-16-7-9-17(23)10-8-16/h4-12H,13H2,1-3H3. The molecule has 0 saturated heterocycles. The molecule has 0 atom stereocenters. The van der Waals surface area contributed by atoms with Crippen molar-refractivity contribution in [3.63, 3.8) is 0 Å². The topological polar surface area (TPSA) is 14.2 Å². The Morgan fingerprint density at radius 2 is 1.60 bits per heavy atom. The van der Waals surface area contributed by atoms with E-state index in [4.69, 9.17) is 4.74 Å². The Kier molecular flexibility index (Phi) is 4.04. The summed E-state index contributed by atoms with van der Waals surface area (Å²) in [6.45, 7) is 5.20. The summed E-state index contributed by atoms with van der Waals surface area (Å²) < 4.78 is 9.06. The first-order valence-corrected chi connectivity index (χ1v) is 9.18. The fraction of sp³-hybridized carbons (Fsp3) is 0.182. The van der Waals surface area contributed by atoms with E-state index in [-0.39, 0.29) is 0 Å². The summed E-state index contributed by atoms with van der Waals surface area (Å²) in [7, 11) is 1.73. The lowest BCUT2D eigenvalue weighted by molar-refractivity contribution is 0.415. The van der Waals surface area contributed by atoms with E-state index in [2.05, 4.69) is 88.9 Å². The van der Waals surface area contributed by atoms with Crippen LogP contribution in [-0.4, -0.2) is 11.7 Å². The van der Waals surface area contributed by atoms with E-state index in [0.29, 0.717) is 0 Å². The third-order valence-corrected chi connectivity index (χ3v) is 5.36. The van der Waals surface area contributed by atoms with Gasteiger partial charge in [-0.25, -0.2) is 0 Å². The first-order chi connectivity index (χ1) is 12.1. The van der Waals surface area contributed by atoms with Gasteiger partial charge in [0.2, 0.25) is 0 Å². The number of fused-ring (bicyclic) bond motifs is 3. The zero-order valence-electron chi connectivity index (χ0n) is 14.6. The molecular formula is C22H20BrNO. The van der Waals surface area contributed by atoms with Gasteiger partial charge in [-0.05, 0) is 54.8 Å². The highest BCUT2D eigenvalue weighted by Gasteiger charge is 2.15. The van der Waals surface area contributed by atoms with Gasteiger partial charge in [0, 0.05) is 21.8 Å². The minimum absolute atomic E-state index is 0.852. The molecule has 126 valence electrons. The molecule has 0 radical (unpaired) electrons. The maximum atomic E-state index is 5.51. The molecule has 0 amide bonds. The highest BCUT2D eigenvalue weighted by atomic mass is 79.9. The number of hydrogen-bond acceptors (Lipinski definition) is 1. The third-order valence-electron chi connectivity index (χ3n) is 4.83. The van der Waals surface area contributed by atoms with E-state index in [1.54, 1.807) is 7.11 Å². The fourth-order valence-electron chi connectivity index (χ4n) is 3.70. The smallest absolute Gasteiger partial charge is 0.119 e. The first kappa shape index (κ1) is 16.2. The van der Waals surface area contributed by atoms with Gasteiger partial charge in [0.05, 0.1) is 18.1 Å². The lowest BCUT2D eigenvalue weighted by Crippen LogP contribution is -2.01. The Morgan fingerprint density at radius 3 is 2.32 bits per heavy atom. The highest BCUT2D eigenvalue weighted by molar-refractivity contribution is 9.10. The number of aromatic nitrogens is 1. The van der Waals surface area contributed by atoms with Gasteiger partial charge >= 0.3 is 0 Å². The van der Waals surface area contributed by atoms with Gasteiger partial charge in [0.15, 0.2) is 0 Å². The van der Waals surface area contributed by atoms with Gasteiger partial charge in [0.25, 0.3) is 0 Å². The Balaban J connectivity index is 2.04. The van der Waals surface area contributed by atoms with Crippen molar-refractivity contribution in [2.24, 2.45) is 0 Å². The summed E-state index contributed by atoms with van der Waals surface area (Å²) in [6.07, 6.45) is 0. The largest absolute Gasteiger partial charge is 0.497 e. The zero-order chi connectivity index (χ0) is 17.6. The molecule has 3 heteroatoms. The number of hydrogen-bond donors (Lipinski definition) is 0. The highest BCUT2D eigenvalue weighted by Crippen LogP contribution is 2.36. The van der Waals surface area contributed by atoms with Crippen molar-refractivity contribution in [1.82, 2.24) is 4.57 Å². The van der Waals surface area contributed by atoms with Crippen molar-refractivity contribution in [2.45, 2.75) is 20.4 Å². The van der Waals surface area contributed by atoms with Crippen LogP contribution in [0.1, 0.15) is 16.7 Å². The second-order valence-corrected chi connectivity index (χ2v) is 7.44. The van der Waals surface area contributed by atoms with Crippen molar-refractivity contribution in [1.29, 1.82) is 0 Å². The van der Waals surface area contributed by atoms with E-state index in [1.807, 2.05) is 0 Å². The average Bonchev–Trinajstić information content (AvgIpc) is 2.92. The van der Waals surface area contributed by atoms with Crippen molar-refractivity contribution in [2.75, 3.05) is 7.11 Å². The van der Waals surface area contributed by atoms with Gasteiger partial charge in [0.1, 0.15) is 5.75 Å². The van der Waals surface area contributed by atoms with Crippen LogP contribution in [0.25, 0.3) is 21.8 Å². The quantitative estimate of drug-likeness (QED) is 0.402. The minimum Gasteiger partial charge on any atom is -0.497 e. The Morgan fingerprint density at radius 1 is 0.880 bits per heavy atom. The molecule has 1 aromatic heterocycles. The molecule has 0 aliphatic rings. The van der Waals surface area contributed by atoms with E-state index in [9.17, 15) is 0 Å². The summed E-state index contributed by atoms with van der Waals surface area (Å²) in [5.41, 5.74) is 6.41. The van der Waals surface area contributed by atoms with E-state index >= 15 is 0 Å². The molecule has 4 rings (SSSR count). The fourth-order valence-corrected chi connectivity index (χ4v) is 3.97. The maximum Gasteiger partial charge on any atom is 0.119 e. The number of rotatable bonds is 3. The lowest BCUT2D eigenvalue weighted by Gasteiger charge is -2.12. The van der Waals surface area contributed by atoms with Crippen LogP contribution >= 0.6 is 15.9 Å². The van der Waals surface area contributed by atoms with E-state index < -0.39 is 0 Å². The summed E-state index contributed by atoms with van der Waals surface area (Å²) in [4.78, 5) is 0. The summed E-state index contributed by atoms with van der Waals surface area (Å²) in [5, 5.41) is 2.54. The molecule has 0 unspecified atom stereocenters. The van der Waals surface area contributed by atoms with Gasteiger partial charge in [-0.3, -0.25) is 0 Å². The van der Waals surface area contributed by atoms with Gasteiger partial charge in [-0.1, -0.05) is 46.3 Å². The van der Waals surface area contributed by atoms with Crippen LogP contribution < -0.4 is 4.74 Å². The maximum absolute atomic E-state index is 5.51. The predicted molar refractivity (Wildman–Crippen MR) is 109 cm³/mol. The number of halogens is 1. The molecule has 4 aromatic rings. The average molecular weight is 394 g/mol. The van der Waals surface area contributed by atoms with Crippen LogP contribution in [0, 0.1) is 13.8 Å². The third kappa shape index (κ3) is 2.73. The lowest BCUT2D eigenvalue weighted by atomic mass is 10.1. The predicted octanol–water partition coefficient (Wildman–Crippen LogP) is 6.23. The molecule has 0 saturated carbocycles. The number of ether oxygens (including phenoxy) is 1. The Labute approximate surface area is 156 Å². The minimum atomic E-state index is 0.852. The van der Waals surface area contributed by atoms with Crippen LogP contribution in [-0.2, 0) is 6.54 Å². The number of nitrogens with zero attached hydrogens (tertiary/aromatic N) is 1. The molecule has 0 aliphatic carbocycles. The van der Waals surface area contributed by atoms with E-state index in [1.165, 1.54) is 38.5 Å². The normalized spacial score (nSPS) is 11.4. The molecule has 3 aromatic carbocycles. The monoisotopic (exact) mass is 393 g/mol. The van der Waals surface area contributed by atoms with Crippen molar-refractivity contribution >= 4 is 37.7 Å². The number of benzene rings is 3. The Bertz CT molecular complexity index is 1080. The van der Waals surface area contributed by atoms with E-state index in [0.717, 1.165) is 16.8 Å². The van der Waals surface area contributed by atoms with Crippen molar-refractivity contribution in [3.05, 3.63) is 75.8 Å². The van der Waals surface area contributed by atoms with Gasteiger partial charge in [-0.2, -0.15) is 0 Å². The van der Waals surface area contributed by atoms with Crippen LogP contribution in [0.5, 0.6) is 5.75 Å². The molecule has 0 bridgehead atoms. The van der Waals surface area contributed by atoms with Gasteiger partial charge < -0.3 is 9.30 Å². The van der Waals surface area contributed by atoms with Crippen LogP contribution in [0.2, 0.25) is 0 Å². The number of aryl methyl sites for hydroxylation is 2. The van der Waals surface area contributed by atoms with Gasteiger partial charge in [-0.15, -0.1) is 0 Å². The Hall–Kier alpha value is -2.26. The molecule has 0 spiro atoms. The summed E-state index contributed by atoms with van der Waals surface area (Å²) >= 11 is 3.52. The SMILES string of the molecule is COc1cc(C)c2c(c1)c1cccc(C)c1n2Cc1ccc(Br)cc1. The molecule has 0 fully saturated rings. The second-order valence-electron chi connectivity index (χ2n) is 6.52. The van der Waals surface area contributed by atoms with Crippen molar-refractivity contribution < 1.29 is 4.74 Å². The summed E-state index contributed by atoms with van der Waals surface area (Å²) in [6, 6.07) is 19.4. The number of methoxy groups -OCH3 is 1. The summed E-state index contributed by atoms with van der Waals surface area (Å²) in [5.74, 6) is 0.911. The molecular weight excluding hydrogens is 374 g/mol. The molecule has 25 heavy (non-hydrogen) atoms. The molecule has 0 aliphatic heterocycles. The molecule has 2 nitrogen and oxygen atoms in total.